The van der Waals surface area contributed by atoms with Crippen LogP contribution in [0, 0.1) is 5.92 Å². The van der Waals surface area contributed by atoms with Crippen LogP contribution in [0.4, 0.5) is 5.69 Å². The second-order valence-electron chi connectivity index (χ2n) is 5.60. The van der Waals surface area contributed by atoms with Crippen molar-refractivity contribution in [1.29, 1.82) is 0 Å². The maximum absolute atomic E-state index is 12.2. The number of carbonyl (C=O) groups excluding carboxylic acids is 1. The van der Waals surface area contributed by atoms with E-state index in [0.717, 1.165) is 24.7 Å². The predicted molar refractivity (Wildman–Crippen MR) is 85.6 cm³/mol. The highest BCUT2D eigenvalue weighted by Crippen LogP contribution is 2.24. The first-order valence-corrected chi connectivity index (χ1v) is 7.54. The number of nitrogens with zero attached hydrogens (tertiary/aromatic N) is 1. The number of para-hydroxylation sites is 2. The third-order valence-electron chi connectivity index (χ3n) is 3.76. The number of carbonyl (C=O) groups is 1. The number of amides is 1. The molecule has 0 spiro atoms. The average molecular weight is 288 g/mol. The van der Waals surface area contributed by atoms with Gasteiger partial charge in [-0.25, -0.2) is 0 Å². The number of rotatable bonds is 6. The summed E-state index contributed by atoms with van der Waals surface area (Å²) in [6.07, 6.45) is 4.03. The van der Waals surface area contributed by atoms with Gasteiger partial charge in [0.1, 0.15) is 12.4 Å². The molecule has 1 heterocycles. The van der Waals surface area contributed by atoms with Gasteiger partial charge in [0.25, 0.3) is 0 Å². The van der Waals surface area contributed by atoms with Gasteiger partial charge in [0, 0.05) is 0 Å². The number of ether oxygens (including phenoxy) is 1. The van der Waals surface area contributed by atoms with Crippen molar-refractivity contribution in [3.05, 3.63) is 36.9 Å². The van der Waals surface area contributed by atoms with E-state index in [-0.39, 0.29) is 5.91 Å². The summed E-state index contributed by atoms with van der Waals surface area (Å²) < 4.78 is 5.54. The Morgan fingerprint density at radius 2 is 2.14 bits per heavy atom. The van der Waals surface area contributed by atoms with Crippen LogP contribution in [-0.4, -0.2) is 37.0 Å². The molecule has 114 valence electrons. The predicted octanol–water partition coefficient (Wildman–Crippen LogP) is 2.92. The van der Waals surface area contributed by atoms with E-state index in [4.69, 9.17) is 4.74 Å². The first-order chi connectivity index (χ1) is 10.2. The van der Waals surface area contributed by atoms with Gasteiger partial charge in [-0.05, 0) is 44.0 Å². The van der Waals surface area contributed by atoms with E-state index in [0.29, 0.717) is 18.9 Å². The Hall–Kier alpha value is -1.81. The lowest BCUT2D eigenvalue weighted by Gasteiger charge is -2.29. The van der Waals surface area contributed by atoms with Crippen molar-refractivity contribution in [2.45, 2.75) is 19.8 Å². The van der Waals surface area contributed by atoms with E-state index in [1.165, 1.54) is 12.8 Å². The summed E-state index contributed by atoms with van der Waals surface area (Å²) >= 11 is 0. The summed E-state index contributed by atoms with van der Waals surface area (Å²) in [5.74, 6) is 1.47. The molecule has 2 rings (SSSR count). The van der Waals surface area contributed by atoms with Crippen molar-refractivity contribution in [1.82, 2.24) is 4.90 Å². The molecule has 1 amide bonds. The van der Waals surface area contributed by atoms with Gasteiger partial charge in [-0.1, -0.05) is 31.7 Å². The maximum atomic E-state index is 12.2. The fraction of sp³-hybridized carbons (Fsp3) is 0.471. The molecule has 0 unspecified atom stereocenters. The summed E-state index contributed by atoms with van der Waals surface area (Å²) in [4.78, 5) is 14.4. The Morgan fingerprint density at radius 1 is 1.43 bits per heavy atom. The van der Waals surface area contributed by atoms with Gasteiger partial charge >= 0.3 is 0 Å². The molecule has 1 fully saturated rings. The van der Waals surface area contributed by atoms with Crippen molar-refractivity contribution in [3.63, 3.8) is 0 Å². The topological polar surface area (TPSA) is 41.6 Å². The van der Waals surface area contributed by atoms with Crippen molar-refractivity contribution < 1.29 is 9.53 Å². The summed E-state index contributed by atoms with van der Waals surface area (Å²) in [6, 6.07) is 7.48. The molecule has 4 nitrogen and oxygen atoms in total. The second-order valence-corrected chi connectivity index (χ2v) is 5.60. The summed E-state index contributed by atoms with van der Waals surface area (Å²) in [7, 11) is 0. The van der Waals surface area contributed by atoms with Crippen molar-refractivity contribution in [3.8, 4) is 5.75 Å². The van der Waals surface area contributed by atoms with Gasteiger partial charge in [0.05, 0.1) is 12.2 Å². The number of anilines is 1. The first-order valence-electron chi connectivity index (χ1n) is 7.54. The molecule has 1 aliphatic rings. The van der Waals surface area contributed by atoms with Crippen molar-refractivity contribution in [2.75, 3.05) is 31.6 Å². The normalized spacial score (nSPS) is 16.4. The Kier molecular flexibility index (Phi) is 5.81. The zero-order valence-electron chi connectivity index (χ0n) is 12.7. The highest BCUT2D eigenvalue weighted by molar-refractivity contribution is 5.93. The Morgan fingerprint density at radius 3 is 2.86 bits per heavy atom. The second kappa shape index (κ2) is 7.84. The molecule has 1 saturated heterocycles. The number of likely N-dealkylation sites (tertiary alicyclic amines) is 1. The molecular formula is C17H24N2O2. The number of hydrogen-bond acceptors (Lipinski definition) is 3. The van der Waals surface area contributed by atoms with E-state index in [1.54, 1.807) is 6.08 Å². The van der Waals surface area contributed by atoms with Gasteiger partial charge in [-0.3, -0.25) is 9.69 Å². The lowest BCUT2D eigenvalue weighted by Crippen LogP contribution is -2.38. The standard InChI is InChI=1S/C17H24N2O2/c1-3-12-21-16-7-5-4-6-15(16)18-17(20)13-19-10-8-14(2)9-11-19/h3-7,14H,1,8-13H2,2H3,(H,18,20). The zero-order valence-corrected chi connectivity index (χ0v) is 12.7. The SMILES string of the molecule is C=CCOc1ccccc1NC(=O)CN1CCC(C)CC1. The fourth-order valence-electron chi connectivity index (χ4n) is 2.46. The van der Waals surface area contributed by atoms with E-state index >= 15 is 0 Å². The van der Waals surface area contributed by atoms with E-state index in [1.807, 2.05) is 24.3 Å². The third kappa shape index (κ3) is 4.90. The lowest BCUT2D eigenvalue weighted by molar-refractivity contribution is -0.117. The van der Waals surface area contributed by atoms with Gasteiger partial charge in [0.15, 0.2) is 0 Å². The summed E-state index contributed by atoms with van der Waals surface area (Å²) in [5.41, 5.74) is 0.717. The van der Waals surface area contributed by atoms with Crippen LogP contribution < -0.4 is 10.1 Å². The van der Waals surface area contributed by atoms with Crippen LogP contribution in [-0.2, 0) is 4.79 Å². The number of benzene rings is 1. The molecule has 1 aromatic rings. The minimum atomic E-state index is 0.0132. The smallest absolute Gasteiger partial charge is 0.238 e. The van der Waals surface area contributed by atoms with E-state index in [9.17, 15) is 4.79 Å². The first kappa shape index (κ1) is 15.6. The molecule has 0 radical (unpaired) electrons. The molecule has 1 aromatic carbocycles. The highest BCUT2D eigenvalue weighted by Gasteiger charge is 2.18. The molecule has 0 bridgehead atoms. The number of hydrogen-bond donors (Lipinski definition) is 1. The number of nitrogens with one attached hydrogen (secondary N) is 1. The van der Waals surface area contributed by atoms with Crippen LogP contribution in [0.25, 0.3) is 0 Å². The molecule has 0 aromatic heterocycles. The molecule has 1 N–H and O–H groups in total. The molecule has 0 atom stereocenters. The lowest BCUT2D eigenvalue weighted by atomic mass is 9.99. The number of piperidine rings is 1. The Bertz CT molecular complexity index is 479. The Balaban J connectivity index is 1.88. The third-order valence-corrected chi connectivity index (χ3v) is 3.76. The average Bonchev–Trinajstić information content (AvgIpc) is 2.49. The van der Waals surface area contributed by atoms with Crippen molar-refractivity contribution in [2.24, 2.45) is 5.92 Å². The molecular weight excluding hydrogens is 264 g/mol. The van der Waals surface area contributed by atoms with E-state index < -0.39 is 0 Å². The maximum Gasteiger partial charge on any atom is 0.238 e. The van der Waals surface area contributed by atoms with Gasteiger partial charge in [-0.15, -0.1) is 0 Å². The quantitative estimate of drug-likeness (QED) is 0.818. The van der Waals surface area contributed by atoms with E-state index in [2.05, 4.69) is 23.7 Å². The molecule has 21 heavy (non-hydrogen) atoms. The largest absolute Gasteiger partial charge is 0.487 e. The highest BCUT2D eigenvalue weighted by atomic mass is 16.5. The molecule has 4 heteroatoms. The van der Waals surface area contributed by atoms with Crippen LogP contribution in [0.1, 0.15) is 19.8 Å². The van der Waals surface area contributed by atoms with Crippen LogP contribution in [0.15, 0.2) is 36.9 Å². The molecule has 1 aliphatic heterocycles. The van der Waals surface area contributed by atoms with Gasteiger partial charge < -0.3 is 10.1 Å². The van der Waals surface area contributed by atoms with Crippen LogP contribution in [0.3, 0.4) is 0 Å². The van der Waals surface area contributed by atoms with Gasteiger partial charge in [0.2, 0.25) is 5.91 Å². The summed E-state index contributed by atoms with van der Waals surface area (Å²) in [5, 5.41) is 2.94. The van der Waals surface area contributed by atoms with Gasteiger partial charge in [-0.2, -0.15) is 0 Å². The molecule has 0 saturated carbocycles. The van der Waals surface area contributed by atoms with Crippen LogP contribution in [0.2, 0.25) is 0 Å². The molecule has 0 aliphatic carbocycles. The summed E-state index contributed by atoms with van der Waals surface area (Å²) in [6.45, 7) is 8.78. The van der Waals surface area contributed by atoms with Crippen LogP contribution in [0.5, 0.6) is 5.75 Å². The minimum Gasteiger partial charge on any atom is -0.487 e. The minimum absolute atomic E-state index is 0.0132. The van der Waals surface area contributed by atoms with Crippen molar-refractivity contribution >= 4 is 11.6 Å². The zero-order chi connectivity index (χ0) is 15.1. The van der Waals surface area contributed by atoms with Crippen LogP contribution >= 0.6 is 0 Å². The fourth-order valence-corrected chi connectivity index (χ4v) is 2.46. The Labute approximate surface area is 126 Å². The monoisotopic (exact) mass is 288 g/mol.